The molecule has 0 saturated heterocycles. The van der Waals surface area contributed by atoms with Crippen LogP contribution in [0.25, 0.3) is 0 Å². The van der Waals surface area contributed by atoms with Crippen molar-refractivity contribution in [1.82, 2.24) is 4.90 Å². The Morgan fingerprint density at radius 2 is 2.11 bits per heavy atom. The van der Waals surface area contributed by atoms with Crippen LogP contribution in [0.15, 0.2) is 47.4 Å². The van der Waals surface area contributed by atoms with Gasteiger partial charge in [-0.3, -0.25) is 14.9 Å². The average molecular weight is 401 g/mol. The number of anilines is 1. The summed E-state index contributed by atoms with van der Waals surface area (Å²) in [7, 11) is 1.69. The normalized spacial score (nSPS) is 15.5. The van der Waals surface area contributed by atoms with Crippen LogP contribution in [0.4, 0.5) is 11.4 Å². The van der Waals surface area contributed by atoms with E-state index in [0.29, 0.717) is 23.5 Å². The highest BCUT2D eigenvalue weighted by molar-refractivity contribution is 7.98. The van der Waals surface area contributed by atoms with E-state index in [1.165, 1.54) is 17.8 Å². The van der Waals surface area contributed by atoms with Crippen molar-refractivity contribution in [3.63, 3.8) is 0 Å². The molecule has 1 aliphatic heterocycles. The molecule has 2 aromatic rings. The average Bonchev–Trinajstić information content (AvgIpc) is 2.71. The first kappa shape index (κ1) is 20.0. The molecule has 0 radical (unpaired) electrons. The van der Waals surface area contributed by atoms with Gasteiger partial charge in [-0.1, -0.05) is 12.1 Å². The predicted octanol–water partition coefficient (Wildman–Crippen LogP) is 3.68. The fourth-order valence-corrected chi connectivity index (χ4v) is 3.89. The highest BCUT2D eigenvalue weighted by Gasteiger charge is 2.27. The SMILES string of the molecule is CCN1C[C@@H](CN(C)C(=O)c2ccc(SC)c([N+](=O)[O-])c2)Oc2ccccc21. The van der Waals surface area contributed by atoms with E-state index in [9.17, 15) is 14.9 Å². The number of nitro groups is 1. The topological polar surface area (TPSA) is 75.9 Å². The summed E-state index contributed by atoms with van der Waals surface area (Å²) in [5.41, 5.74) is 1.31. The van der Waals surface area contributed by atoms with E-state index in [1.54, 1.807) is 30.3 Å². The Hall–Kier alpha value is -2.74. The maximum absolute atomic E-state index is 12.8. The van der Waals surface area contributed by atoms with Crippen molar-refractivity contribution < 1.29 is 14.5 Å². The van der Waals surface area contributed by atoms with Crippen LogP contribution in [-0.2, 0) is 0 Å². The number of carbonyl (C=O) groups excluding carboxylic acids is 1. The second-order valence-electron chi connectivity index (χ2n) is 6.58. The molecule has 0 unspecified atom stereocenters. The number of hydrogen-bond donors (Lipinski definition) is 0. The maximum Gasteiger partial charge on any atom is 0.283 e. The summed E-state index contributed by atoms with van der Waals surface area (Å²) < 4.78 is 6.07. The molecule has 0 spiro atoms. The molecule has 8 heteroatoms. The molecule has 28 heavy (non-hydrogen) atoms. The summed E-state index contributed by atoms with van der Waals surface area (Å²) in [6, 6.07) is 12.5. The van der Waals surface area contributed by atoms with Gasteiger partial charge in [-0.25, -0.2) is 0 Å². The van der Waals surface area contributed by atoms with Gasteiger partial charge in [0.1, 0.15) is 11.9 Å². The monoisotopic (exact) mass is 401 g/mol. The lowest BCUT2D eigenvalue weighted by Gasteiger charge is -2.37. The number of carbonyl (C=O) groups is 1. The minimum Gasteiger partial charge on any atom is -0.485 e. The van der Waals surface area contributed by atoms with Gasteiger partial charge in [-0.2, -0.15) is 0 Å². The number of likely N-dealkylation sites (N-methyl/N-ethyl adjacent to an activating group) is 2. The van der Waals surface area contributed by atoms with Gasteiger partial charge in [-0.15, -0.1) is 11.8 Å². The quantitative estimate of drug-likeness (QED) is 0.418. The molecule has 0 bridgehead atoms. The molecule has 1 amide bonds. The molecule has 2 aromatic carbocycles. The van der Waals surface area contributed by atoms with Gasteiger partial charge in [0.05, 0.1) is 28.6 Å². The summed E-state index contributed by atoms with van der Waals surface area (Å²) >= 11 is 1.29. The lowest BCUT2D eigenvalue weighted by atomic mass is 10.1. The number of para-hydroxylation sites is 2. The third-order valence-electron chi connectivity index (χ3n) is 4.75. The largest absolute Gasteiger partial charge is 0.485 e. The van der Waals surface area contributed by atoms with Gasteiger partial charge >= 0.3 is 0 Å². The Morgan fingerprint density at radius 3 is 2.79 bits per heavy atom. The van der Waals surface area contributed by atoms with Crippen LogP contribution in [-0.4, -0.2) is 54.8 Å². The summed E-state index contributed by atoms with van der Waals surface area (Å²) in [5.74, 6) is 0.544. The number of amides is 1. The minimum atomic E-state index is -0.455. The Kier molecular flexibility index (Phi) is 6.08. The number of thioether (sulfide) groups is 1. The highest BCUT2D eigenvalue weighted by atomic mass is 32.2. The van der Waals surface area contributed by atoms with Crippen LogP contribution in [0, 0.1) is 10.1 Å². The van der Waals surface area contributed by atoms with Crippen molar-refractivity contribution in [2.75, 3.05) is 37.8 Å². The molecule has 7 nitrogen and oxygen atoms in total. The molecule has 3 rings (SSSR count). The van der Waals surface area contributed by atoms with Crippen molar-refractivity contribution >= 4 is 29.0 Å². The smallest absolute Gasteiger partial charge is 0.283 e. The molecule has 0 fully saturated rings. The molecule has 1 atom stereocenters. The Bertz CT molecular complexity index is 890. The number of hydrogen-bond acceptors (Lipinski definition) is 6. The first-order valence-electron chi connectivity index (χ1n) is 9.03. The second-order valence-corrected chi connectivity index (χ2v) is 7.42. The fourth-order valence-electron chi connectivity index (χ4n) is 3.35. The van der Waals surface area contributed by atoms with Crippen LogP contribution in [0.3, 0.4) is 0 Å². The molecule has 0 aliphatic carbocycles. The maximum atomic E-state index is 12.8. The van der Waals surface area contributed by atoms with E-state index < -0.39 is 4.92 Å². The first-order chi connectivity index (χ1) is 13.4. The Labute approximate surface area is 168 Å². The zero-order valence-electron chi connectivity index (χ0n) is 16.1. The summed E-state index contributed by atoms with van der Waals surface area (Å²) in [4.78, 5) is 28.0. The lowest BCUT2D eigenvalue weighted by molar-refractivity contribution is -0.387. The van der Waals surface area contributed by atoms with Gasteiger partial charge in [-0.05, 0) is 37.4 Å². The van der Waals surface area contributed by atoms with Crippen molar-refractivity contribution in [3.05, 3.63) is 58.1 Å². The fraction of sp³-hybridized carbons (Fsp3) is 0.350. The van der Waals surface area contributed by atoms with Gasteiger partial charge in [0, 0.05) is 25.2 Å². The van der Waals surface area contributed by atoms with Crippen LogP contribution >= 0.6 is 11.8 Å². The van der Waals surface area contributed by atoms with E-state index in [-0.39, 0.29) is 17.7 Å². The van der Waals surface area contributed by atoms with Gasteiger partial charge in [0.25, 0.3) is 11.6 Å². The zero-order chi connectivity index (χ0) is 20.3. The molecule has 1 aliphatic rings. The number of benzene rings is 2. The van der Waals surface area contributed by atoms with Crippen LogP contribution < -0.4 is 9.64 Å². The van der Waals surface area contributed by atoms with Gasteiger partial charge < -0.3 is 14.5 Å². The van der Waals surface area contributed by atoms with E-state index in [0.717, 1.165) is 18.0 Å². The second kappa shape index (κ2) is 8.52. The van der Waals surface area contributed by atoms with E-state index in [2.05, 4.69) is 11.8 Å². The zero-order valence-corrected chi connectivity index (χ0v) is 16.9. The van der Waals surface area contributed by atoms with Crippen LogP contribution in [0.1, 0.15) is 17.3 Å². The van der Waals surface area contributed by atoms with Crippen LogP contribution in [0.5, 0.6) is 5.75 Å². The Morgan fingerprint density at radius 1 is 1.36 bits per heavy atom. The van der Waals surface area contributed by atoms with Gasteiger partial charge in [0.15, 0.2) is 0 Å². The lowest BCUT2D eigenvalue weighted by Crippen LogP contribution is -2.46. The minimum absolute atomic E-state index is 0.0493. The number of nitrogens with zero attached hydrogens (tertiary/aromatic N) is 3. The molecule has 0 aromatic heterocycles. The third kappa shape index (κ3) is 4.06. The standard InChI is InChI=1S/C20H23N3O4S/c1-4-22-13-15(27-18-8-6-5-7-16(18)22)12-21(2)20(24)14-9-10-19(28-3)17(11-14)23(25)26/h5-11,15H,4,12-13H2,1-3H3/t15-/m1/s1. The molecule has 0 N–H and O–H groups in total. The molecule has 1 heterocycles. The van der Waals surface area contributed by atoms with E-state index in [1.807, 2.05) is 24.3 Å². The van der Waals surface area contributed by atoms with Crippen molar-refractivity contribution in [2.45, 2.75) is 17.9 Å². The summed E-state index contributed by atoms with van der Waals surface area (Å²) in [5, 5.41) is 11.3. The highest BCUT2D eigenvalue weighted by Crippen LogP contribution is 2.33. The van der Waals surface area contributed by atoms with Crippen molar-refractivity contribution in [1.29, 1.82) is 0 Å². The predicted molar refractivity (Wildman–Crippen MR) is 111 cm³/mol. The number of fused-ring (bicyclic) bond motifs is 1. The summed E-state index contributed by atoms with van der Waals surface area (Å²) in [6.07, 6.45) is 1.59. The van der Waals surface area contributed by atoms with Gasteiger partial charge in [0.2, 0.25) is 0 Å². The molecular formula is C20H23N3O4S. The number of rotatable bonds is 6. The number of nitro benzene ring substituents is 1. The molecule has 148 valence electrons. The Balaban J connectivity index is 1.75. The number of ether oxygens (including phenoxy) is 1. The summed E-state index contributed by atoms with van der Waals surface area (Å²) in [6.45, 7) is 4.00. The molecular weight excluding hydrogens is 378 g/mol. The first-order valence-corrected chi connectivity index (χ1v) is 10.3. The third-order valence-corrected chi connectivity index (χ3v) is 5.54. The van der Waals surface area contributed by atoms with Crippen LogP contribution in [0.2, 0.25) is 0 Å². The molecule has 0 saturated carbocycles. The van der Waals surface area contributed by atoms with E-state index in [4.69, 9.17) is 4.74 Å². The van der Waals surface area contributed by atoms with E-state index >= 15 is 0 Å². The van der Waals surface area contributed by atoms with Crippen molar-refractivity contribution in [2.24, 2.45) is 0 Å². The van der Waals surface area contributed by atoms with Crippen molar-refractivity contribution in [3.8, 4) is 5.75 Å².